The second-order valence-corrected chi connectivity index (χ2v) is 4.03. The molecule has 7 nitrogen and oxygen atoms in total. The molecule has 0 atom stereocenters. The Morgan fingerprint density at radius 3 is 2.63 bits per heavy atom. The molecule has 0 fully saturated rings. The van der Waals surface area contributed by atoms with Crippen LogP contribution in [0.3, 0.4) is 0 Å². The molecule has 0 saturated heterocycles. The minimum absolute atomic E-state index is 0.0117. The van der Waals surface area contributed by atoms with Crippen LogP contribution in [0.15, 0.2) is 18.2 Å². The quantitative estimate of drug-likeness (QED) is 0.772. The lowest BCUT2D eigenvalue weighted by molar-refractivity contribution is 0.0696. The smallest absolute Gasteiger partial charge is 0.335 e. The largest absolute Gasteiger partial charge is 0.478 e. The number of benzene rings is 1. The molecule has 1 heterocycles. The molecule has 7 heteroatoms. The van der Waals surface area contributed by atoms with Gasteiger partial charge in [-0.05, 0) is 31.5 Å². The minimum atomic E-state index is -1.05. The molecule has 0 unspecified atom stereocenters. The van der Waals surface area contributed by atoms with Crippen LogP contribution in [0.4, 0.5) is 5.69 Å². The van der Waals surface area contributed by atoms with Gasteiger partial charge in [0.25, 0.3) is 5.91 Å². The van der Waals surface area contributed by atoms with Gasteiger partial charge in [-0.3, -0.25) is 9.89 Å². The van der Waals surface area contributed by atoms with Gasteiger partial charge in [0.1, 0.15) is 5.82 Å². The summed E-state index contributed by atoms with van der Waals surface area (Å²) in [5.74, 6) is -1.00. The topological polar surface area (TPSA) is 108 Å². The van der Waals surface area contributed by atoms with Gasteiger partial charge in [0, 0.05) is 5.69 Å². The van der Waals surface area contributed by atoms with Gasteiger partial charge >= 0.3 is 5.97 Å². The van der Waals surface area contributed by atoms with Crippen LogP contribution in [0.1, 0.15) is 32.4 Å². The van der Waals surface area contributed by atoms with Gasteiger partial charge in [-0.25, -0.2) is 9.78 Å². The fourth-order valence-corrected chi connectivity index (χ4v) is 1.51. The first-order valence-electron chi connectivity index (χ1n) is 5.51. The number of rotatable bonds is 3. The average molecular weight is 260 g/mol. The zero-order valence-corrected chi connectivity index (χ0v) is 10.4. The SMILES string of the molecule is Cc1nc(C(=O)Nc2cc(C(=O)O)ccc2C)n[nH]1. The van der Waals surface area contributed by atoms with Crippen molar-refractivity contribution >= 4 is 17.6 Å². The number of aromatic nitrogens is 3. The number of H-pyrrole nitrogens is 1. The van der Waals surface area contributed by atoms with Crippen molar-refractivity contribution in [3.05, 3.63) is 41.0 Å². The number of nitrogens with zero attached hydrogens (tertiary/aromatic N) is 2. The Kier molecular flexibility index (Phi) is 3.28. The molecule has 98 valence electrons. The summed E-state index contributed by atoms with van der Waals surface area (Å²) in [5.41, 5.74) is 1.28. The lowest BCUT2D eigenvalue weighted by Gasteiger charge is -2.07. The van der Waals surface area contributed by atoms with E-state index < -0.39 is 11.9 Å². The Morgan fingerprint density at radius 1 is 1.32 bits per heavy atom. The molecule has 0 aliphatic heterocycles. The van der Waals surface area contributed by atoms with E-state index in [2.05, 4.69) is 20.5 Å². The normalized spacial score (nSPS) is 10.2. The molecule has 1 aromatic carbocycles. The summed E-state index contributed by atoms with van der Waals surface area (Å²) >= 11 is 0. The van der Waals surface area contributed by atoms with Gasteiger partial charge in [0.05, 0.1) is 5.56 Å². The Bertz CT molecular complexity index is 648. The zero-order valence-electron chi connectivity index (χ0n) is 10.4. The standard InChI is InChI=1S/C12H12N4O3/c1-6-3-4-8(12(18)19)5-9(6)14-11(17)10-13-7(2)15-16-10/h3-5H,1-2H3,(H,14,17)(H,18,19)(H,13,15,16). The van der Waals surface area contributed by atoms with E-state index in [0.29, 0.717) is 11.5 Å². The third kappa shape index (κ3) is 2.76. The first-order chi connectivity index (χ1) is 8.97. The van der Waals surface area contributed by atoms with E-state index in [1.807, 2.05) is 0 Å². The van der Waals surface area contributed by atoms with Crippen molar-refractivity contribution in [2.45, 2.75) is 13.8 Å². The molecule has 2 rings (SSSR count). The number of aromatic carboxylic acids is 1. The Balaban J connectivity index is 2.25. The average Bonchev–Trinajstić information content (AvgIpc) is 2.78. The maximum Gasteiger partial charge on any atom is 0.335 e. The minimum Gasteiger partial charge on any atom is -0.478 e. The van der Waals surface area contributed by atoms with Crippen LogP contribution in [0.2, 0.25) is 0 Å². The van der Waals surface area contributed by atoms with Gasteiger partial charge in [-0.15, -0.1) is 5.10 Å². The van der Waals surface area contributed by atoms with Crippen LogP contribution in [0, 0.1) is 13.8 Å². The summed E-state index contributed by atoms with van der Waals surface area (Å²) in [6.45, 7) is 3.45. The molecule has 19 heavy (non-hydrogen) atoms. The predicted octanol–water partition coefficient (Wildman–Crippen LogP) is 1.37. The summed E-state index contributed by atoms with van der Waals surface area (Å²) in [7, 11) is 0. The Hall–Kier alpha value is -2.70. The molecular formula is C12H12N4O3. The molecule has 1 amide bonds. The number of anilines is 1. The highest BCUT2D eigenvalue weighted by Crippen LogP contribution is 2.17. The van der Waals surface area contributed by atoms with Crippen LogP contribution < -0.4 is 5.32 Å². The van der Waals surface area contributed by atoms with Crippen LogP contribution in [0.5, 0.6) is 0 Å². The number of carbonyl (C=O) groups excluding carboxylic acids is 1. The molecule has 2 aromatic rings. The van der Waals surface area contributed by atoms with E-state index in [0.717, 1.165) is 5.56 Å². The van der Waals surface area contributed by atoms with Crippen molar-refractivity contribution in [3.8, 4) is 0 Å². The molecule has 1 aromatic heterocycles. The predicted molar refractivity (Wildman–Crippen MR) is 67.2 cm³/mol. The first kappa shape index (κ1) is 12.7. The first-order valence-corrected chi connectivity index (χ1v) is 5.51. The van der Waals surface area contributed by atoms with Crippen molar-refractivity contribution in [2.24, 2.45) is 0 Å². The summed E-state index contributed by atoms with van der Waals surface area (Å²) in [6, 6.07) is 4.50. The van der Waals surface area contributed by atoms with E-state index in [-0.39, 0.29) is 11.4 Å². The van der Waals surface area contributed by atoms with Gasteiger partial charge in [0.2, 0.25) is 5.82 Å². The monoisotopic (exact) mass is 260 g/mol. The number of carboxylic acids is 1. The number of aryl methyl sites for hydroxylation is 2. The lowest BCUT2D eigenvalue weighted by atomic mass is 10.1. The maximum absolute atomic E-state index is 11.9. The van der Waals surface area contributed by atoms with Crippen molar-refractivity contribution < 1.29 is 14.7 Å². The van der Waals surface area contributed by atoms with Crippen molar-refractivity contribution in [1.29, 1.82) is 0 Å². The molecular weight excluding hydrogens is 248 g/mol. The molecule has 0 bridgehead atoms. The van der Waals surface area contributed by atoms with Gasteiger partial charge < -0.3 is 10.4 Å². The number of carbonyl (C=O) groups is 2. The van der Waals surface area contributed by atoms with Gasteiger partial charge in [-0.2, -0.15) is 0 Å². The molecule has 0 spiro atoms. The second kappa shape index (κ2) is 4.89. The van der Waals surface area contributed by atoms with Crippen LogP contribution in [-0.4, -0.2) is 32.2 Å². The summed E-state index contributed by atoms with van der Waals surface area (Å²) in [4.78, 5) is 26.6. The Labute approximate surface area is 108 Å². The summed E-state index contributed by atoms with van der Waals surface area (Å²) < 4.78 is 0. The fraction of sp³-hybridized carbons (Fsp3) is 0.167. The summed E-state index contributed by atoms with van der Waals surface area (Å²) in [6.07, 6.45) is 0. The number of carboxylic acid groups (broad SMARTS) is 1. The number of hydrogen-bond donors (Lipinski definition) is 3. The molecule has 0 aliphatic carbocycles. The van der Waals surface area contributed by atoms with Crippen LogP contribution in [-0.2, 0) is 0 Å². The van der Waals surface area contributed by atoms with Crippen LogP contribution >= 0.6 is 0 Å². The molecule has 0 radical (unpaired) electrons. The van der Waals surface area contributed by atoms with Crippen molar-refractivity contribution in [2.75, 3.05) is 5.32 Å². The molecule has 0 saturated carbocycles. The highest BCUT2D eigenvalue weighted by atomic mass is 16.4. The van der Waals surface area contributed by atoms with E-state index in [1.165, 1.54) is 12.1 Å². The van der Waals surface area contributed by atoms with Crippen LogP contribution in [0.25, 0.3) is 0 Å². The zero-order chi connectivity index (χ0) is 14.0. The highest BCUT2D eigenvalue weighted by molar-refractivity contribution is 6.02. The molecule has 3 N–H and O–H groups in total. The second-order valence-electron chi connectivity index (χ2n) is 4.03. The number of amides is 1. The maximum atomic E-state index is 11.9. The van der Waals surface area contributed by atoms with Gasteiger partial charge in [0.15, 0.2) is 0 Å². The number of aromatic amines is 1. The summed E-state index contributed by atoms with van der Waals surface area (Å²) in [5, 5.41) is 17.8. The lowest BCUT2D eigenvalue weighted by Crippen LogP contribution is -2.15. The fourth-order valence-electron chi connectivity index (χ4n) is 1.51. The van der Waals surface area contributed by atoms with E-state index >= 15 is 0 Å². The number of nitrogens with one attached hydrogen (secondary N) is 2. The highest BCUT2D eigenvalue weighted by Gasteiger charge is 2.13. The Morgan fingerprint density at radius 2 is 2.05 bits per heavy atom. The van der Waals surface area contributed by atoms with E-state index in [9.17, 15) is 9.59 Å². The molecule has 0 aliphatic rings. The van der Waals surface area contributed by atoms with Crippen molar-refractivity contribution in [1.82, 2.24) is 15.2 Å². The third-order valence-corrected chi connectivity index (χ3v) is 2.53. The van der Waals surface area contributed by atoms with Gasteiger partial charge in [-0.1, -0.05) is 6.07 Å². The van der Waals surface area contributed by atoms with E-state index in [4.69, 9.17) is 5.11 Å². The van der Waals surface area contributed by atoms with E-state index in [1.54, 1.807) is 19.9 Å². The van der Waals surface area contributed by atoms with Crippen molar-refractivity contribution in [3.63, 3.8) is 0 Å². The number of hydrogen-bond acceptors (Lipinski definition) is 4. The third-order valence-electron chi connectivity index (χ3n) is 2.53.